The Morgan fingerprint density at radius 3 is 2.62 bits per heavy atom. The monoisotopic (exact) mass is 324 g/mol. The normalized spacial score (nSPS) is 19.6. The standard InChI is InChI=1S/C18H20N4O2/c23-18(24-17-13-20-16-4-2-1-3-15(16)17)22-11-9-21(10-12-22)14-5-7-19-8-6-14/h1-8,17,20H,9-13H2. The highest BCUT2D eigenvalue weighted by Gasteiger charge is 2.29. The van der Waals surface area contributed by atoms with E-state index in [1.54, 1.807) is 17.3 Å². The van der Waals surface area contributed by atoms with Crippen LogP contribution in [-0.2, 0) is 4.74 Å². The van der Waals surface area contributed by atoms with E-state index in [4.69, 9.17) is 4.74 Å². The Kier molecular flexibility index (Phi) is 3.94. The Labute approximate surface area is 141 Å². The lowest BCUT2D eigenvalue weighted by Gasteiger charge is -2.35. The molecule has 2 aromatic rings. The van der Waals surface area contributed by atoms with Gasteiger partial charge in [-0.15, -0.1) is 0 Å². The van der Waals surface area contributed by atoms with E-state index < -0.39 is 0 Å². The van der Waals surface area contributed by atoms with Gasteiger partial charge in [-0.25, -0.2) is 4.79 Å². The molecule has 0 aliphatic carbocycles. The van der Waals surface area contributed by atoms with E-state index in [1.807, 2.05) is 36.4 Å². The molecule has 2 aliphatic rings. The summed E-state index contributed by atoms with van der Waals surface area (Å²) in [6.45, 7) is 3.59. The fourth-order valence-electron chi connectivity index (χ4n) is 3.25. The van der Waals surface area contributed by atoms with Crippen molar-refractivity contribution < 1.29 is 9.53 Å². The minimum atomic E-state index is -0.229. The molecule has 1 aromatic heterocycles. The SMILES string of the molecule is O=C(OC1CNc2ccccc21)N1CCN(c2ccncc2)CC1. The summed E-state index contributed by atoms with van der Waals surface area (Å²) in [6.07, 6.45) is 3.15. The number of ether oxygens (including phenoxy) is 1. The minimum absolute atomic E-state index is 0.202. The van der Waals surface area contributed by atoms with E-state index in [2.05, 4.69) is 15.2 Å². The zero-order valence-corrected chi connectivity index (χ0v) is 13.4. The molecular formula is C18H20N4O2. The first kappa shape index (κ1) is 14.8. The number of carbonyl (C=O) groups is 1. The van der Waals surface area contributed by atoms with Crippen LogP contribution in [-0.4, -0.2) is 48.7 Å². The average Bonchev–Trinajstić information content (AvgIpc) is 3.06. The van der Waals surface area contributed by atoms with Crippen molar-refractivity contribution in [3.8, 4) is 0 Å². The summed E-state index contributed by atoms with van der Waals surface area (Å²) in [7, 11) is 0. The molecule has 3 heterocycles. The van der Waals surface area contributed by atoms with Gasteiger partial charge >= 0.3 is 6.09 Å². The lowest BCUT2D eigenvalue weighted by Crippen LogP contribution is -2.49. The molecule has 0 radical (unpaired) electrons. The lowest BCUT2D eigenvalue weighted by molar-refractivity contribution is 0.0683. The maximum Gasteiger partial charge on any atom is 0.410 e. The number of hydrogen-bond acceptors (Lipinski definition) is 5. The third-order valence-electron chi connectivity index (χ3n) is 4.59. The largest absolute Gasteiger partial charge is 0.439 e. The summed E-state index contributed by atoms with van der Waals surface area (Å²) in [5.74, 6) is 0. The number of pyridine rings is 1. The van der Waals surface area contributed by atoms with Gasteiger partial charge in [-0.1, -0.05) is 18.2 Å². The highest BCUT2D eigenvalue weighted by Crippen LogP contribution is 2.32. The Morgan fingerprint density at radius 2 is 1.83 bits per heavy atom. The van der Waals surface area contributed by atoms with Gasteiger partial charge in [-0.3, -0.25) is 4.98 Å². The minimum Gasteiger partial charge on any atom is -0.439 e. The van der Waals surface area contributed by atoms with E-state index in [-0.39, 0.29) is 12.2 Å². The lowest BCUT2D eigenvalue weighted by atomic mass is 10.1. The van der Waals surface area contributed by atoms with Crippen LogP contribution < -0.4 is 10.2 Å². The average molecular weight is 324 g/mol. The van der Waals surface area contributed by atoms with E-state index in [0.29, 0.717) is 19.6 Å². The van der Waals surface area contributed by atoms with Crippen LogP contribution in [0.3, 0.4) is 0 Å². The maximum absolute atomic E-state index is 12.5. The number of amides is 1. The number of fused-ring (bicyclic) bond motifs is 1. The third-order valence-corrected chi connectivity index (χ3v) is 4.59. The van der Waals surface area contributed by atoms with Crippen LogP contribution in [0.1, 0.15) is 11.7 Å². The van der Waals surface area contributed by atoms with Crippen molar-refractivity contribution in [2.45, 2.75) is 6.10 Å². The molecule has 1 unspecified atom stereocenters. The number of piperazine rings is 1. The molecule has 4 rings (SSSR count). The molecule has 24 heavy (non-hydrogen) atoms. The second-order valence-corrected chi connectivity index (χ2v) is 6.02. The van der Waals surface area contributed by atoms with Gasteiger partial charge in [0.25, 0.3) is 0 Å². The second-order valence-electron chi connectivity index (χ2n) is 6.02. The number of nitrogens with zero attached hydrogens (tertiary/aromatic N) is 3. The molecule has 0 saturated carbocycles. The molecule has 1 N–H and O–H groups in total. The Bertz CT molecular complexity index is 714. The molecule has 0 spiro atoms. The summed E-state index contributed by atoms with van der Waals surface area (Å²) >= 11 is 0. The van der Waals surface area contributed by atoms with E-state index >= 15 is 0 Å². The summed E-state index contributed by atoms with van der Waals surface area (Å²) < 4.78 is 5.71. The van der Waals surface area contributed by atoms with Crippen molar-refractivity contribution >= 4 is 17.5 Å². The second kappa shape index (κ2) is 6.39. The van der Waals surface area contributed by atoms with Gasteiger partial charge in [-0.05, 0) is 18.2 Å². The van der Waals surface area contributed by atoms with Crippen LogP contribution in [0.25, 0.3) is 0 Å². The molecule has 1 atom stereocenters. The van der Waals surface area contributed by atoms with Crippen LogP contribution in [0.2, 0.25) is 0 Å². The highest BCUT2D eigenvalue weighted by atomic mass is 16.6. The molecule has 1 amide bonds. The van der Waals surface area contributed by atoms with E-state index in [9.17, 15) is 4.79 Å². The predicted molar refractivity (Wildman–Crippen MR) is 92.2 cm³/mol. The highest BCUT2D eigenvalue weighted by molar-refractivity contribution is 5.70. The van der Waals surface area contributed by atoms with E-state index in [1.165, 1.54) is 0 Å². The fraction of sp³-hybridized carbons (Fsp3) is 0.333. The first-order chi connectivity index (χ1) is 11.8. The van der Waals surface area contributed by atoms with Crippen molar-refractivity contribution in [3.05, 3.63) is 54.4 Å². The van der Waals surface area contributed by atoms with Gasteiger partial charge in [0, 0.05) is 55.5 Å². The number of hydrogen-bond donors (Lipinski definition) is 1. The first-order valence-electron chi connectivity index (χ1n) is 8.24. The Hall–Kier alpha value is -2.76. The van der Waals surface area contributed by atoms with Crippen LogP contribution in [0.15, 0.2) is 48.8 Å². The van der Waals surface area contributed by atoms with Crippen LogP contribution in [0, 0.1) is 0 Å². The quantitative estimate of drug-likeness (QED) is 0.920. The smallest absolute Gasteiger partial charge is 0.410 e. The van der Waals surface area contributed by atoms with Gasteiger partial charge < -0.3 is 19.9 Å². The Balaban J connectivity index is 1.34. The van der Waals surface area contributed by atoms with Gasteiger partial charge in [0.15, 0.2) is 0 Å². The van der Waals surface area contributed by atoms with E-state index in [0.717, 1.165) is 30.0 Å². The predicted octanol–water partition coefficient (Wildman–Crippen LogP) is 2.51. The number of nitrogens with one attached hydrogen (secondary N) is 1. The Morgan fingerprint density at radius 1 is 1.08 bits per heavy atom. The van der Waals surface area contributed by atoms with Gasteiger partial charge in [-0.2, -0.15) is 0 Å². The van der Waals surface area contributed by atoms with Crippen molar-refractivity contribution in [2.24, 2.45) is 0 Å². The van der Waals surface area contributed by atoms with Crippen molar-refractivity contribution in [2.75, 3.05) is 42.9 Å². The number of anilines is 2. The van der Waals surface area contributed by atoms with Crippen molar-refractivity contribution in [1.82, 2.24) is 9.88 Å². The molecule has 6 nitrogen and oxygen atoms in total. The molecule has 124 valence electrons. The van der Waals surface area contributed by atoms with Crippen LogP contribution >= 0.6 is 0 Å². The topological polar surface area (TPSA) is 57.7 Å². The summed E-state index contributed by atoms with van der Waals surface area (Å²) in [5, 5.41) is 3.28. The van der Waals surface area contributed by atoms with Gasteiger partial charge in [0.05, 0.1) is 6.54 Å². The third kappa shape index (κ3) is 2.87. The fourth-order valence-corrected chi connectivity index (χ4v) is 3.25. The molecule has 1 saturated heterocycles. The van der Waals surface area contributed by atoms with Crippen LogP contribution in [0.4, 0.5) is 16.2 Å². The summed E-state index contributed by atoms with van der Waals surface area (Å²) in [6, 6.07) is 12.0. The summed E-state index contributed by atoms with van der Waals surface area (Å²) in [4.78, 5) is 20.5. The number of aromatic nitrogens is 1. The van der Waals surface area contributed by atoms with Crippen molar-refractivity contribution in [3.63, 3.8) is 0 Å². The maximum atomic E-state index is 12.5. The molecule has 2 aliphatic heterocycles. The first-order valence-corrected chi connectivity index (χ1v) is 8.24. The molecular weight excluding hydrogens is 304 g/mol. The zero-order chi connectivity index (χ0) is 16.4. The number of para-hydroxylation sites is 1. The van der Waals surface area contributed by atoms with Gasteiger partial charge in [0.1, 0.15) is 6.10 Å². The van der Waals surface area contributed by atoms with Crippen molar-refractivity contribution in [1.29, 1.82) is 0 Å². The van der Waals surface area contributed by atoms with Gasteiger partial charge in [0.2, 0.25) is 0 Å². The molecule has 1 aromatic carbocycles. The molecule has 6 heteroatoms. The van der Waals surface area contributed by atoms with Crippen LogP contribution in [0.5, 0.6) is 0 Å². The molecule has 0 bridgehead atoms. The number of benzene rings is 1. The number of rotatable bonds is 2. The summed E-state index contributed by atoms with van der Waals surface area (Å²) in [5.41, 5.74) is 3.26. The number of carbonyl (C=O) groups excluding carboxylic acids is 1. The molecule has 1 fully saturated rings. The zero-order valence-electron chi connectivity index (χ0n) is 13.4.